The van der Waals surface area contributed by atoms with Gasteiger partial charge < -0.3 is 11.5 Å². The molecule has 0 aromatic heterocycles. The molecule has 4 N–H and O–H groups in total. The third kappa shape index (κ3) is 5.46. The van der Waals surface area contributed by atoms with Crippen LogP contribution in [0.4, 0.5) is 0 Å². The summed E-state index contributed by atoms with van der Waals surface area (Å²) in [6.45, 7) is 5.66. The fourth-order valence-electron chi connectivity index (χ4n) is 0.677. The van der Waals surface area contributed by atoms with Crippen LogP contribution in [0.15, 0.2) is 17.1 Å². The fraction of sp³-hybridized carbons (Fsp3) is 0.500. The summed E-state index contributed by atoms with van der Waals surface area (Å²) in [5, 5.41) is 0. The number of nitrogens with two attached hydrogens (primary N) is 2. The van der Waals surface area contributed by atoms with Crippen LogP contribution in [0.3, 0.4) is 0 Å². The standard InChI is InChI=1S/C8H15N3O/c1-6(7(2)12)4-3-5-11-8(9)10/h1,3-5H2,2H3,(H4,9,10,11). The molecule has 0 radical (unpaired) electrons. The van der Waals surface area contributed by atoms with Gasteiger partial charge in [-0.2, -0.15) is 0 Å². The quantitative estimate of drug-likeness (QED) is 0.267. The van der Waals surface area contributed by atoms with Crippen molar-refractivity contribution in [2.75, 3.05) is 6.54 Å². The number of nitrogens with zero attached hydrogens (tertiary/aromatic N) is 1. The van der Waals surface area contributed by atoms with Crippen molar-refractivity contribution in [2.45, 2.75) is 19.8 Å². The van der Waals surface area contributed by atoms with E-state index in [-0.39, 0.29) is 11.7 Å². The van der Waals surface area contributed by atoms with Gasteiger partial charge in [-0.25, -0.2) is 0 Å². The molecular weight excluding hydrogens is 154 g/mol. The van der Waals surface area contributed by atoms with E-state index in [9.17, 15) is 4.79 Å². The largest absolute Gasteiger partial charge is 0.370 e. The molecule has 0 saturated heterocycles. The SMILES string of the molecule is C=C(CCCN=C(N)N)C(C)=O. The molecule has 4 heteroatoms. The summed E-state index contributed by atoms with van der Waals surface area (Å²) in [5.41, 5.74) is 10.8. The van der Waals surface area contributed by atoms with E-state index in [0.717, 1.165) is 6.42 Å². The number of hydrogen-bond acceptors (Lipinski definition) is 2. The van der Waals surface area contributed by atoms with Gasteiger partial charge in [-0.1, -0.05) is 6.58 Å². The highest BCUT2D eigenvalue weighted by atomic mass is 16.1. The van der Waals surface area contributed by atoms with Gasteiger partial charge in [0.25, 0.3) is 0 Å². The van der Waals surface area contributed by atoms with E-state index in [0.29, 0.717) is 18.5 Å². The highest BCUT2D eigenvalue weighted by Crippen LogP contribution is 2.02. The molecular formula is C8H15N3O. The third-order valence-electron chi connectivity index (χ3n) is 1.43. The van der Waals surface area contributed by atoms with E-state index in [1.165, 1.54) is 6.92 Å². The van der Waals surface area contributed by atoms with Crippen LogP contribution in [0.1, 0.15) is 19.8 Å². The van der Waals surface area contributed by atoms with Gasteiger partial charge >= 0.3 is 0 Å². The first-order valence-electron chi connectivity index (χ1n) is 3.78. The maximum absolute atomic E-state index is 10.7. The number of carbonyl (C=O) groups is 1. The van der Waals surface area contributed by atoms with Crippen molar-refractivity contribution in [3.05, 3.63) is 12.2 Å². The lowest BCUT2D eigenvalue weighted by Gasteiger charge is -1.98. The summed E-state index contributed by atoms with van der Waals surface area (Å²) in [5.74, 6) is 0.114. The molecule has 4 nitrogen and oxygen atoms in total. The second-order valence-electron chi connectivity index (χ2n) is 2.57. The lowest BCUT2D eigenvalue weighted by molar-refractivity contribution is -0.113. The molecule has 0 aromatic carbocycles. The van der Waals surface area contributed by atoms with Crippen molar-refractivity contribution in [3.8, 4) is 0 Å². The summed E-state index contributed by atoms with van der Waals surface area (Å²) < 4.78 is 0. The van der Waals surface area contributed by atoms with E-state index in [4.69, 9.17) is 11.5 Å². The van der Waals surface area contributed by atoms with Gasteiger partial charge in [0.2, 0.25) is 0 Å². The molecule has 12 heavy (non-hydrogen) atoms. The smallest absolute Gasteiger partial charge is 0.185 e. The highest BCUT2D eigenvalue weighted by molar-refractivity contribution is 5.92. The average molecular weight is 169 g/mol. The minimum absolute atomic E-state index is 0.0275. The Morgan fingerprint density at radius 2 is 2.08 bits per heavy atom. The average Bonchev–Trinajstić information content (AvgIpc) is 1.97. The molecule has 0 rings (SSSR count). The normalized spacial score (nSPS) is 9.08. The molecule has 0 aromatic rings. The van der Waals surface area contributed by atoms with Gasteiger partial charge in [0.15, 0.2) is 11.7 Å². The Labute approximate surface area is 72.3 Å². The van der Waals surface area contributed by atoms with Crippen molar-refractivity contribution in [1.82, 2.24) is 0 Å². The molecule has 0 aliphatic rings. The van der Waals surface area contributed by atoms with E-state index in [2.05, 4.69) is 11.6 Å². The lowest BCUT2D eigenvalue weighted by atomic mass is 10.1. The van der Waals surface area contributed by atoms with Crippen LogP contribution in [0.2, 0.25) is 0 Å². The molecule has 0 spiro atoms. The fourth-order valence-corrected chi connectivity index (χ4v) is 0.677. The number of aliphatic imine (C=N–C) groups is 1. The number of allylic oxidation sites excluding steroid dienone is 1. The van der Waals surface area contributed by atoms with E-state index >= 15 is 0 Å². The zero-order chi connectivity index (χ0) is 9.56. The van der Waals surface area contributed by atoms with Crippen LogP contribution in [-0.4, -0.2) is 18.3 Å². The number of Topliss-reactive ketones (excluding diaryl/α,β-unsaturated/α-hetero) is 1. The summed E-state index contributed by atoms with van der Waals surface area (Å²) in [6.07, 6.45) is 1.42. The zero-order valence-corrected chi connectivity index (χ0v) is 7.34. The lowest BCUT2D eigenvalue weighted by Crippen LogP contribution is -2.22. The molecule has 0 amide bonds. The van der Waals surface area contributed by atoms with Crippen LogP contribution in [0.25, 0.3) is 0 Å². The monoisotopic (exact) mass is 169 g/mol. The summed E-state index contributed by atoms with van der Waals surface area (Å²) in [7, 11) is 0. The maximum Gasteiger partial charge on any atom is 0.185 e. The van der Waals surface area contributed by atoms with Crippen molar-refractivity contribution >= 4 is 11.7 Å². The van der Waals surface area contributed by atoms with Crippen LogP contribution in [0.5, 0.6) is 0 Å². The van der Waals surface area contributed by atoms with E-state index < -0.39 is 0 Å². The zero-order valence-electron chi connectivity index (χ0n) is 7.34. The van der Waals surface area contributed by atoms with Crippen molar-refractivity contribution in [1.29, 1.82) is 0 Å². The van der Waals surface area contributed by atoms with Gasteiger partial charge in [0.1, 0.15) is 0 Å². The van der Waals surface area contributed by atoms with Crippen LogP contribution >= 0.6 is 0 Å². The summed E-state index contributed by atoms with van der Waals surface area (Å²) in [4.78, 5) is 14.5. The van der Waals surface area contributed by atoms with Gasteiger partial charge in [0, 0.05) is 6.54 Å². The van der Waals surface area contributed by atoms with Crippen LogP contribution in [-0.2, 0) is 4.79 Å². The maximum atomic E-state index is 10.7. The Balaban J connectivity index is 3.51. The van der Waals surface area contributed by atoms with Crippen LogP contribution in [0, 0.1) is 0 Å². The third-order valence-corrected chi connectivity index (χ3v) is 1.43. The minimum Gasteiger partial charge on any atom is -0.370 e. The number of carbonyl (C=O) groups excluding carboxylic acids is 1. The number of guanidine groups is 1. The predicted octanol–water partition coefficient (Wildman–Crippen LogP) is 0.185. The molecule has 0 unspecified atom stereocenters. The number of rotatable bonds is 5. The van der Waals surface area contributed by atoms with Crippen LogP contribution < -0.4 is 11.5 Å². The Morgan fingerprint density at radius 3 is 2.50 bits per heavy atom. The molecule has 68 valence electrons. The van der Waals surface area contributed by atoms with Crippen molar-refractivity contribution in [2.24, 2.45) is 16.5 Å². The van der Waals surface area contributed by atoms with Crippen molar-refractivity contribution < 1.29 is 4.79 Å². The van der Waals surface area contributed by atoms with E-state index in [1.54, 1.807) is 0 Å². The Kier molecular flexibility index (Phi) is 4.76. The second kappa shape index (κ2) is 5.35. The predicted molar refractivity (Wildman–Crippen MR) is 49.7 cm³/mol. The summed E-state index contributed by atoms with van der Waals surface area (Å²) >= 11 is 0. The van der Waals surface area contributed by atoms with Gasteiger partial charge in [-0.3, -0.25) is 9.79 Å². The molecule has 0 fully saturated rings. The first kappa shape index (κ1) is 10.7. The first-order chi connectivity index (χ1) is 5.54. The van der Waals surface area contributed by atoms with Gasteiger partial charge in [-0.15, -0.1) is 0 Å². The van der Waals surface area contributed by atoms with E-state index in [1.807, 2.05) is 0 Å². The Morgan fingerprint density at radius 1 is 1.50 bits per heavy atom. The Bertz CT molecular complexity index is 204. The molecule has 0 bridgehead atoms. The topological polar surface area (TPSA) is 81.5 Å². The highest BCUT2D eigenvalue weighted by Gasteiger charge is 1.98. The molecule has 0 heterocycles. The van der Waals surface area contributed by atoms with Gasteiger partial charge in [0.05, 0.1) is 0 Å². The first-order valence-corrected chi connectivity index (χ1v) is 3.78. The molecule has 0 atom stereocenters. The number of ketones is 1. The Hall–Kier alpha value is -1.32. The van der Waals surface area contributed by atoms with Crippen molar-refractivity contribution in [3.63, 3.8) is 0 Å². The summed E-state index contributed by atoms with van der Waals surface area (Å²) in [6, 6.07) is 0. The van der Waals surface area contributed by atoms with Gasteiger partial charge in [-0.05, 0) is 25.3 Å². The minimum atomic E-state index is 0.0275. The molecule has 0 aliphatic carbocycles. The second-order valence-corrected chi connectivity index (χ2v) is 2.57. The molecule has 0 saturated carbocycles. The molecule has 0 aliphatic heterocycles. The number of hydrogen-bond donors (Lipinski definition) is 2.